The molecule has 1 amide bonds. The average Bonchev–Trinajstić information content (AvgIpc) is 3.69. The molecule has 3 heterocycles. The summed E-state index contributed by atoms with van der Waals surface area (Å²) in [6, 6.07) is 25.1. The van der Waals surface area contributed by atoms with Gasteiger partial charge in [-0.3, -0.25) is 9.78 Å². The molecule has 6 rings (SSSR count). The fraction of sp³-hybridized carbons (Fsp3) is 0.212. The number of para-hydroxylation sites is 1. The van der Waals surface area contributed by atoms with Crippen molar-refractivity contribution in [3.8, 4) is 22.6 Å². The lowest BCUT2D eigenvalue weighted by Crippen LogP contribution is -2.35. The van der Waals surface area contributed by atoms with Gasteiger partial charge in [0.25, 0.3) is 5.91 Å². The third kappa shape index (κ3) is 5.70. The van der Waals surface area contributed by atoms with Crippen molar-refractivity contribution in [3.63, 3.8) is 0 Å². The molecule has 5 aromatic rings. The van der Waals surface area contributed by atoms with E-state index in [0.717, 1.165) is 39.6 Å². The fourth-order valence-corrected chi connectivity index (χ4v) is 5.97. The van der Waals surface area contributed by atoms with Crippen molar-refractivity contribution in [3.05, 3.63) is 118 Å². The number of nitrogens with two attached hydrogens (primary N) is 2. The van der Waals surface area contributed by atoms with E-state index >= 15 is 0 Å². The second kappa shape index (κ2) is 11.5. The molecular formula is C33H31BrN6O2. The van der Waals surface area contributed by atoms with Crippen LogP contribution in [0.15, 0.2) is 100 Å². The third-order valence-electron chi connectivity index (χ3n) is 7.65. The predicted octanol–water partition coefficient (Wildman–Crippen LogP) is 6.54. The highest BCUT2D eigenvalue weighted by molar-refractivity contribution is 9.10. The molecule has 4 N–H and O–H groups in total. The van der Waals surface area contributed by atoms with E-state index in [1.165, 1.54) is 0 Å². The Balaban J connectivity index is 1.38. The number of nitrogens with zero attached hydrogens (tertiary/aromatic N) is 4. The molecule has 2 aromatic heterocycles. The van der Waals surface area contributed by atoms with Gasteiger partial charge in [0.15, 0.2) is 0 Å². The smallest absolute Gasteiger partial charge is 0.254 e. The molecule has 212 valence electrons. The first kappa shape index (κ1) is 27.8. The van der Waals surface area contributed by atoms with Gasteiger partial charge < -0.3 is 20.8 Å². The van der Waals surface area contributed by atoms with Crippen molar-refractivity contribution in [1.29, 1.82) is 0 Å². The Hall–Kier alpha value is -4.34. The SMILES string of the molecule is C[C@@](N)(Cc1ccccc1)c1nnc(-c2cc(C(=O)N3CCCC3c3cncc(Br)c3)cc(-c3ccccc3N)c2)o1. The third-order valence-corrected chi connectivity index (χ3v) is 8.08. The van der Waals surface area contributed by atoms with E-state index in [4.69, 9.17) is 15.9 Å². The van der Waals surface area contributed by atoms with E-state index in [1.54, 1.807) is 6.20 Å². The molecule has 1 aliphatic rings. The summed E-state index contributed by atoms with van der Waals surface area (Å²) < 4.78 is 7.06. The van der Waals surface area contributed by atoms with Gasteiger partial charge in [-0.1, -0.05) is 48.5 Å². The largest absolute Gasteiger partial charge is 0.419 e. The minimum absolute atomic E-state index is 0.0673. The first-order chi connectivity index (χ1) is 20.3. The minimum atomic E-state index is -0.881. The maximum atomic E-state index is 14.1. The first-order valence-electron chi connectivity index (χ1n) is 13.9. The van der Waals surface area contributed by atoms with Crippen LogP contribution in [-0.4, -0.2) is 32.5 Å². The van der Waals surface area contributed by atoms with Crippen LogP contribution in [0.3, 0.4) is 0 Å². The topological polar surface area (TPSA) is 124 Å². The molecule has 0 spiro atoms. The standard InChI is InChI=1S/C33H31BrN6O2/c1-33(36,18-21-8-3-2-4-9-21)32-39-38-30(42-32)23-14-22(27-10-5-6-11-28(27)35)15-24(16-23)31(41)40-13-7-12-29(40)25-17-26(34)20-37-19-25/h2-6,8-11,14-17,19-20,29H,7,12-13,18,35-36H2,1H3/t29?,33-/m1/s1. The summed E-state index contributed by atoms with van der Waals surface area (Å²) in [5.41, 5.74) is 17.6. The zero-order chi connectivity index (χ0) is 29.3. The van der Waals surface area contributed by atoms with Crippen LogP contribution in [0, 0.1) is 0 Å². The number of carbonyl (C=O) groups is 1. The van der Waals surface area contributed by atoms with Crippen molar-refractivity contribution in [2.75, 3.05) is 12.3 Å². The lowest BCUT2D eigenvalue weighted by Gasteiger charge is -2.25. The highest BCUT2D eigenvalue weighted by atomic mass is 79.9. The normalized spacial score (nSPS) is 16.4. The van der Waals surface area contributed by atoms with Crippen LogP contribution in [0.5, 0.6) is 0 Å². The number of pyridine rings is 1. The molecular weight excluding hydrogens is 592 g/mol. The first-order valence-corrected chi connectivity index (χ1v) is 14.7. The van der Waals surface area contributed by atoms with E-state index in [0.29, 0.717) is 35.7 Å². The summed E-state index contributed by atoms with van der Waals surface area (Å²) in [5, 5.41) is 8.67. The second-order valence-electron chi connectivity index (χ2n) is 11.0. The molecule has 2 atom stereocenters. The summed E-state index contributed by atoms with van der Waals surface area (Å²) in [7, 11) is 0. The van der Waals surface area contributed by atoms with Crippen LogP contribution in [0.4, 0.5) is 5.69 Å². The van der Waals surface area contributed by atoms with Gasteiger partial charge in [0.05, 0.1) is 11.6 Å². The summed E-state index contributed by atoms with van der Waals surface area (Å²) in [5.74, 6) is 0.525. The number of hydrogen-bond acceptors (Lipinski definition) is 7. The van der Waals surface area contributed by atoms with Gasteiger partial charge in [0.2, 0.25) is 11.8 Å². The number of aromatic nitrogens is 3. The molecule has 1 aliphatic heterocycles. The maximum absolute atomic E-state index is 14.1. The maximum Gasteiger partial charge on any atom is 0.254 e. The van der Waals surface area contributed by atoms with Crippen molar-refractivity contribution in [2.45, 2.75) is 37.8 Å². The molecule has 1 saturated heterocycles. The Kier molecular flexibility index (Phi) is 7.62. The summed E-state index contributed by atoms with van der Waals surface area (Å²) in [6.07, 6.45) is 5.87. The summed E-state index contributed by atoms with van der Waals surface area (Å²) in [4.78, 5) is 20.3. The van der Waals surface area contributed by atoms with Crippen molar-refractivity contribution in [2.24, 2.45) is 5.73 Å². The summed E-state index contributed by atoms with van der Waals surface area (Å²) >= 11 is 3.51. The summed E-state index contributed by atoms with van der Waals surface area (Å²) in [6.45, 7) is 2.52. The van der Waals surface area contributed by atoms with Crippen LogP contribution < -0.4 is 11.5 Å². The fourth-order valence-electron chi connectivity index (χ4n) is 5.59. The number of benzene rings is 3. The number of amides is 1. The number of carbonyl (C=O) groups excluding carboxylic acids is 1. The van der Waals surface area contributed by atoms with E-state index in [9.17, 15) is 4.79 Å². The van der Waals surface area contributed by atoms with Gasteiger partial charge in [-0.25, -0.2) is 0 Å². The van der Waals surface area contributed by atoms with Gasteiger partial charge >= 0.3 is 0 Å². The molecule has 0 aliphatic carbocycles. The highest BCUT2D eigenvalue weighted by Crippen LogP contribution is 2.37. The minimum Gasteiger partial charge on any atom is -0.419 e. The number of halogens is 1. The molecule has 9 heteroatoms. The van der Waals surface area contributed by atoms with Gasteiger partial charge in [-0.2, -0.15) is 0 Å². The molecule has 0 radical (unpaired) electrons. The van der Waals surface area contributed by atoms with Gasteiger partial charge in [-0.15, -0.1) is 10.2 Å². The quantitative estimate of drug-likeness (QED) is 0.197. The Morgan fingerprint density at radius 2 is 1.79 bits per heavy atom. The van der Waals surface area contributed by atoms with E-state index in [2.05, 4.69) is 31.1 Å². The van der Waals surface area contributed by atoms with Crippen molar-refractivity contribution in [1.82, 2.24) is 20.1 Å². The lowest BCUT2D eigenvalue weighted by molar-refractivity contribution is 0.0735. The molecule has 0 bridgehead atoms. The number of likely N-dealkylation sites (tertiary alicyclic amines) is 1. The molecule has 42 heavy (non-hydrogen) atoms. The van der Waals surface area contributed by atoms with Crippen LogP contribution in [0.2, 0.25) is 0 Å². The van der Waals surface area contributed by atoms with Gasteiger partial charge in [0.1, 0.15) is 0 Å². The Bertz CT molecular complexity index is 1740. The molecule has 3 aromatic carbocycles. The molecule has 8 nitrogen and oxygen atoms in total. The zero-order valence-corrected chi connectivity index (χ0v) is 24.8. The zero-order valence-electron chi connectivity index (χ0n) is 23.2. The van der Waals surface area contributed by atoms with E-state index in [-0.39, 0.29) is 17.8 Å². The monoisotopic (exact) mass is 622 g/mol. The molecule has 1 unspecified atom stereocenters. The van der Waals surface area contributed by atoms with Crippen LogP contribution in [0.1, 0.15) is 53.2 Å². The lowest BCUT2D eigenvalue weighted by atomic mass is 9.94. The van der Waals surface area contributed by atoms with Crippen LogP contribution in [-0.2, 0) is 12.0 Å². The number of anilines is 1. The molecule has 1 fully saturated rings. The molecule has 0 saturated carbocycles. The number of nitrogen functional groups attached to an aromatic ring is 1. The Morgan fingerprint density at radius 1 is 1.02 bits per heavy atom. The predicted molar refractivity (Wildman–Crippen MR) is 166 cm³/mol. The van der Waals surface area contributed by atoms with Crippen LogP contribution >= 0.6 is 15.9 Å². The van der Waals surface area contributed by atoms with E-state index < -0.39 is 5.54 Å². The highest BCUT2D eigenvalue weighted by Gasteiger charge is 2.32. The van der Waals surface area contributed by atoms with Crippen molar-refractivity contribution >= 4 is 27.5 Å². The number of rotatable bonds is 7. The van der Waals surface area contributed by atoms with Gasteiger partial charge in [-0.05, 0) is 89.1 Å². The van der Waals surface area contributed by atoms with Crippen LogP contribution in [0.25, 0.3) is 22.6 Å². The Labute approximate surface area is 252 Å². The number of hydrogen-bond donors (Lipinski definition) is 2. The van der Waals surface area contributed by atoms with Crippen molar-refractivity contribution < 1.29 is 9.21 Å². The average molecular weight is 624 g/mol. The second-order valence-corrected chi connectivity index (χ2v) is 11.9. The van der Waals surface area contributed by atoms with E-state index in [1.807, 2.05) is 96.9 Å². The Morgan fingerprint density at radius 3 is 2.57 bits per heavy atom. The van der Waals surface area contributed by atoms with Gasteiger partial charge in [0, 0.05) is 45.8 Å².